The topological polar surface area (TPSA) is 46.7 Å². The number of hydrogen-bond acceptors (Lipinski definition) is 2. The lowest BCUT2D eigenvalue weighted by Gasteiger charge is -2.14. The number of nitrogens with one attached hydrogen (secondary N) is 2. The smallest absolute Gasteiger partial charge is 0.416 e. The summed E-state index contributed by atoms with van der Waals surface area (Å²) in [5.41, 5.74) is -0.925. The van der Waals surface area contributed by atoms with E-state index in [2.05, 4.69) is 5.32 Å². The van der Waals surface area contributed by atoms with Crippen molar-refractivity contribution in [2.45, 2.75) is 12.7 Å². The third-order valence-electron chi connectivity index (χ3n) is 3.09. The van der Waals surface area contributed by atoms with Crippen LogP contribution in [0.2, 0.25) is 5.02 Å². The average Bonchev–Trinajstić information content (AvgIpc) is 2.92. The molecule has 2 aromatic rings. The maximum absolute atomic E-state index is 12.7. The lowest BCUT2D eigenvalue weighted by molar-refractivity contribution is -0.886. The van der Waals surface area contributed by atoms with E-state index in [-0.39, 0.29) is 17.3 Å². The molecule has 0 aliphatic rings. The predicted octanol–water partition coefficient (Wildman–Crippen LogP) is 2.61. The first-order valence-corrected chi connectivity index (χ1v) is 7.14. The van der Waals surface area contributed by atoms with Crippen LogP contribution in [0.3, 0.4) is 0 Å². The zero-order chi connectivity index (χ0) is 17.0. The van der Waals surface area contributed by atoms with Crippen LogP contribution in [0.25, 0.3) is 0 Å². The average molecular weight is 348 g/mol. The Labute approximate surface area is 135 Å². The van der Waals surface area contributed by atoms with E-state index in [1.807, 2.05) is 0 Å². The number of rotatable bonds is 5. The molecule has 0 spiro atoms. The standard InChI is InChI=1S/C15H14ClF3N2O2/c1-21(8-11-3-2-6-23-11)9-14(22)20-13-7-10(15(17,18)19)4-5-12(13)16/h2-7H,8-9H2,1H3,(H,20,22)/p+1. The Balaban J connectivity index is 1.99. The summed E-state index contributed by atoms with van der Waals surface area (Å²) in [4.78, 5) is 12.8. The molecule has 0 radical (unpaired) electrons. The number of hydrogen-bond donors (Lipinski definition) is 2. The van der Waals surface area contributed by atoms with Gasteiger partial charge in [-0.1, -0.05) is 11.6 Å². The number of carbonyl (C=O) groups is 1. The van der Waals surface area contributed by atoms with E-state index in [1.54, 1.807) is 19.2 Å². The Kier molecular flexibility index (Phi) is 5.33. The lowest BCUT2D eigenvalue weighted by atomic mass is 10.2. The van der Waals surface area contributed by atoms with Crippen molar-refractivity contribution < 1.29 is 27.3 Å². The number of quaternary nitrogens is 1. The molecular weight excluding hydrogens is 333 g/mol. The second kappa shape index (κ2) is 7.06. The number of likely N-dealkylation sites (N-methyl/N-ethyl adjacent to an activating group) is 1. The van der Waals surface area contributed by atoms with Gasteiger partial charge in [0.15, 0.2) is 12.3 Å². The normalized spacial score (nSPS) is 12.9. The maximum atomic E-state index is 12.7. The molecule has 2 N–H and O–H groups in total. The summed E-state index contributed by atoms with van der Waals surface area (Å²) in [6.45, 7) is 0.546. The van der Waals surface area contributed by atoms with Crippen LogP contribution in [0.1, 0.15) is 11.3 Å². The number of furan rings is 1. The molecule has 4 nitrogen and oxygen atoms in total. The van der Waals surface area contributed by atoms with E-state index in [1.165, 1.54) is 6.26 Å². The van der Waals surface area contributed by atoms with Gasteiger partial charge in [0, 0.05) is 0 Å². The molecule has 1 aromatic carbocycles. The molecule has 1 amide bonds. The zero-order valence-corrected chi connectivity index (χ0v) is 13.0. The van der Waals surface area contributed by atoms with Gasteiger partial charge in [-0.3, -0.25) is 4.79 Å². The number of amides is 1. The Morgan fingerprint density at radius 2 is 2.09 bits per heavy atom. The first kappa shape index (κ1) is 17.4. The van der Waals surface area contributed by atoms with Crippen molar-refractivity contribution in [3.05, 3.63) is 52.9 Å². The number of carbonyl (C=O) groups excluding carboxylic acids is 1. The Morgan fingerprint density at radius 1 is 1.35 bits per heavy atom. The molecule has 1 aromatic heterocycles. The van der Waals surface area contributed by atoms with Crippen LogP contribution in [0.4, 0.5) is 18.9 Å². The monoisotopic (exact) mass is 347 g/mol. The molecular formula is C15H15ClF3N2O2+. The van der Waals surface area contributed by atoms with E-state index in [0.717, 1.165) is 23.1 Å². The van der Waals surface area contributed by atoms with Gasteiger partial charge in [0.2, 0.25) is 0 Å². The third kappa shape index (κ3) is 5.01. The minimum Gasteiger partial charge on any atom is -0.463 e. The van der Waals surface area contributed by atoms with Gasteiger partial charge in [-0.05, 0) is 30.3 Å². The van der Waals surface area contributed by atoms with E-state index in [4.69, 9.17) is 16.0 Å². The van der Waals surface area contributed by atoms with Crippen molar-refractivity contribution in [2.24, 2.45) is 0 Å². The van der Waals surface area contributed by atoms with Crippen molar-refractivity contribution in [2.75, 3.05) is 18.9 Å². The van der Waals surface area contributed by atoms with E-state index < -0.39 is 17.6 Å². The van der Waals surface area contributed by atoms with Gasteiger partial charge < -0.3 is 14.6 Å². The van der Waals surface area contributed by atoms with Crippen LogP contribution < -0.4 is 10.2 Å². The highest BCUT2D eigenvalue weighted by Crippen LogP contribution is 2.33. The molecule has 124 valence electrons. The van der Waals surface area contributed by atoms with Crippen LogP contribution in [-0.4, -0.2) is 19.5 Å². The van der Waals surface area contributed by atoms with Crippen LogP contribution in [-0.2, 0) is 17.5 Å². The summed E-state index contributed by atoms with van der Waals surface area (Å²) in [5, 5.41) is 2.46. The number of halogens is 4. The Hall–Kier alpha value is -1.99. The molecule has 0 aliphatic heterocycles. The van der Waals surface area contributed by atoms with Gasteiger partial charge in [0.05, 0.1) is 29.6 Å². The molecule has 8 heteroatoms. The number of benzene rings is 1. The zero-order valence-electron chi connectivity index (χ0n) is 12.2. The van der Waals surface area contributed by atoms with Gasteiger partial charge in [0.1, 0.15) is 6.54 Å². The molecule has 1 unspecified atom stereocenters. The van der Waals surface area contributed by atoms with E-state index >= 15 is 0 Å². The minimum atomic E-state index is -4.49. The van der Waals surface area contributed by atoms with Crippen molar-refractivity contribution in [3.8, 4) is 0 Å². The van der Waals surface area contributed by atoms with Gasteiger partial charge in [-0.25, -0.2) is 0 Å². The van der Waals surface area contributed by atoms with E-state index in [0.29, 0.717) is 12.3 Å². The summed E-state index contributed by atoms with van der Waals surface area (Å²) in [6.07, 6.45) is -2.96. The van der Waals surface area contributed by atoms with Crippen LogP contribution >= 0.6 is 11.6 Å². The van der Waals surface area contributed by atoms with E-state index in [9.17, 15) is 18.0 Å². The molecule has 0 saturated carbocycles. The second-order valence-corrected chi connectivity index (χ2v) is 5.54. The molecule has 0 saturated heterocycles. The summed E-state index contributed by atoms with van der Waals surface area (Å²) in [6, 6.07) is 6.32. The van der Waals surface area contributed by atoms with Crippen LogP contribution in [0.5, 0.6) is 0 Å². The highest BCUT2D eigenvalue weighted by atomic mass is 35.5. The van der Waals surface area contributed by atoms with Crippen LogP contribution in [0.15, 0.2) is 41.0 Å². The van der Waals surface area contributed by atoms with Crippen LogP contribution in [0, 0.1) is 0 Å². The van der Waals surface area contributed by atoms with Gasteiger partial charge in [-0.2, -0.15) is 13.2 Å². The summed E-state index contributed by atoms with van der Waals surface area (Å²) in [7, 11) is 1.77. The first-order chi connectivity index (χ1) is 10.8. The molecule has 23 heavy (non-hydrogen) atoms. The Morgan fingerprint density at radius 3 is 2.70 bits per heavy atom. The highest BCUT2D eigenvalue weighted by Gasteiger charge is 2.31. The molecule has 1 atom stereocenters. The highest BCUT2D eigenvalue weighted by molar-refractivity contribution is 6.33. The third-order valence-corrected chi connectivity index (χ3v) is 3.42. The second-order valence-electron chi connectivity index (χ2n) is 5.13. The maximum Gasteiger partial charge on any atom is 0.416 e. The molecule has 0 aliphatic carbocycles. The number of alkyl halides is 3. The molecule has 1 heterocycles. The Bertz CT molecular complexity index is 672. The van der Waals surface area contributed by atoms with Crippen molar-refractivity contribution in [1.82, 2.24) is 0 Å². The molecule has 0 bridgehead atoms. The number of anilines is 1. The van der Waals surface area contributed by atoms with Gasteiger partial charge in [0.25, 0.3) is 5.91 Å². The molecule has 0 fully saturated rings. The molecule has 2 rings (SSSR count). The summed E-state index contributed by atoms with van der Waals surface area (Å²) >= 11 is 5.84. The van der Waals surface area contributed by atoms with Crippen molar-refractivity contribution in [3.63, 3.8) is 0 Å². The summed E-state index contributed by atoms with van der Waals surface area (Å²) < 4.78 is 43.2. The SMILES string of the molecule is C[NH+](CC(=O)Nc1cc(C(F)(F)F)ccc1Cl)Cc1ccco1. The first-order valence-electron chi connectivity index (χ1n) is 6.76. The fraction of sp³-hybridized carbons (Fsp3) is 0.267. The fourth-order valence-electron chi connectivity index (χ4n) is 2.04. The lowest BCUT2D eigenvalue weighted by Crippen LogP contribution is -3.08. The largest absolute Gasteiger partial charge is 0.463 e. The van der Waals surface area contributed by atoms with Gasteiger partial charge in [-0.15, -0.1) is 0 Å². The predicted molar refractivity (Wildman–Crippen MR) is 79.2 cm³/mol. The summed E-state index contributed by atoms with van der Waals surface area (Å²) in [5.74, 6) is 0.280. The van der Waals surface area contributed by atoms with Gasteiger partial charge >= 0.3 is 6.18 Å². The van der Waals surface area contributed by atoms with Crippen molar-refractivity contribution >= 4 is 23.2 Å². The van der Waals surface area contributed by atoms with Crippen molar-refractivity contribution in [1.29, 1.82) is 0 Å². The quantitative estimate of drug-likeness (QED) is 0.873. The minimum absolute atomic E-state index is 0.0510. The fourth-order valence-corrected chi connectivity index (χ4v) is 2.20.